The van der Waals surface area contributed by atoms with Crippen LogP contribution in [0.3, 0.4) is 0 Å². The van der Waals surface area contributed by atoms with E-state index in [1.165, 1.54) is 43.4 Å². The van der Waals surface area contributed by atoms with Crippen LogP contribution in [-0.4, -0.2) is 21.9 Å². The summed E-state index contributed by atoms with van der Waals surface area (Å²) in [4.78, 5) is 19.8. The van der Waals surface area contributed by atoms with E-state index in [4.69, 9.17) is 15.5 Å². The van der Waals surface area contributed by atoms with Crippen LogP contribution in [-0.2, 0) is 15.5 Å². The van der Waals surface area contributed by atoms with E-state index in [2.05, 4.69) is 22.4 Å². The molecule has 0 aliphatic heterocycles. The summed E-state index contributed by atoms with van der Waals surface area (Å²) < 4.78 is 15.3. The van der Waals surface area contributed by atoms with Crippen LogP contribution in [0.25, 0.3) is 0 Å². The molecule has 0 saturated heterocycles. The molecule has 1 saturated carbocycles. The van der Waals surface area contributed by atoms with Crippen LogP contribution in [0.1, 0.15) is 68.0 Å². The first-order valence-corrected chi connectivity index (χ1v) is 11.6. The SMILES string of the molecule is CC(N)(CCc1ccc(C#CCCC2CCCCC2)s1)COP(=O)(O)O. The zero-order valence-electron chi connectivity index (χ0n) is 15.4. The Labute approximate surface area is 160 Å². The van der Waals surface area contributed by atoms with Crippen molar-refractivity contribution in [3.63, 3.8) is 0 Å². The highest BCUT2D eigenvalue weighted by Gasteiger charge is 2.24. The van der Waals surface area contributed by atoms with Crippen molar-refractivity contribution in [2.24, 2.45) is 11.7 Å². The van der Waals surface area contributed by atoms with E-state index in [1.807, 2.05) is 6.07 Å². The Morgan fingerprint density at radius 2 is 2.08 bits per heavy atom. The predicted molar refractivity (Wildman–Crippen MR) is 106 cm³/mol. The van der Waals surface area contributed by atoms with Crippen molar-refractivity contribution < 1.29 is 18.9 Å². The van der Waals surface area contributed by atoms with E-state index < -0.39 is 13.4 Å². The fraction of sp³-hybridized carbons (Fsp3) is 0.684. The van der Waals surface area contributed by atoms with Crippen LogP contribution >= 0.6 is 19.2 Å². The third-order valence-electron chi connectivity index (χ3n) is 4.78. The number of hydrogen-bond donors (Lipinski definition) is 3. The van der Waals surface area contributed by atoms with Crippen molar-refractivity contribution in [2.45, 2.75) is 70.3 Å². The van der Waals surface area contributed by atoms with Gasteiger partial charge >= 0.3 is 7.82 Å². The molecular formula is C19H30NO4PS. The molecule has 1 atom stereocenters. The largest absolute Gasteiger partial charge is 0.469 e. The van der Waals surface area contributed by atoms with Gasteiger partial charge in [0.05, 0.1) is 11.5 Å². The number of thiophene rings is 1. The molecule has 1 heterocycles. The molecule has 1 aliphatic rings. The molecule has 0 amide bonds. The quantitative estimate of drug-likeness (QED) is 0.450. The summed E-state index contributed by atoms with van der Waals surface area (Å²) >= 11 is 1.66. The molecule has 0 bridgehead atoms. The molecule has 146 valence electrons. The third kappa shape index (κ3) is 8.81. The van der Waals surface area contributed by atoms with Gasteiger partial charge in [0.2, 0.25) is 0 Å². The number of hydrogen-bond acceptors (Lipinski definition) is 4. The zero-order valence-corrected chi connectivity index (χ0v) is 17.2. The normalized spacial score (nSPS) is 18.2. The van der Waals surface area contributed by atoms with Crippen LogP contribution in [0.15, 0.2) is 12.1 Å². The Balaban J connectivity index is 1.73. The van der Waals surface area contributed by atoms with Gasteiger partial charge in [0.15, 0.2) is 0 Å². The Kier molecular flexibility index (Phi) is 8.35. The van der Waals surface area contributed by atoms with Gasteiger partial charge in [-0.15, -0.1) is 11.3 Å². The molecule has 1 unspecified atom stereocenters. The van der Waals surface area contributed by atoms with Crippen molar-refractivity contribution in [3.05, 3.63) is 21.9 Å². The molecule has 0 aromatic carbocycles. The molecule has 1 aromatic rings. The second-order valence-electron chi connectivity index (χ2n) is 7.53. The fourth-order valence-corrected chi connectivity index (χ4v) is 4.54. The fourth-order valence-electron chi connectivity index (χ4n) is 3.19. The summed E-state index contributed by atoms with van der Waals surface area (Å²) in [5.41, 5.74) is 5.28. The van der Waals surface area contributed by atoms with Gasteiger partial charge in [0.1, 0.15) is 0 Å². The topological polar surface area (TPSA) is 92.8 Å². The van der Waals surface area contributed by atoms with Gasteiger partial charge in [0, 0.05) is 16.8 Å². The van der Waals surface area contributed by atoms with E-state index in [1.54, 1.807) is 18.3 Å². The lowest BCUT2D eigenvalue weighted by Gasteiger charge is -2.24. The smallest absolute Gasteiger partial charge is 0.323 e. The molecule has 4 N–H and O–H groups in total. The minimum atomic E-state index is -4.48. The number of phosphoric ester groups is 1. The molecule has 26 heavy (non-hydrogen) atoms. The van der Waals surface area contributed by atoms with Crippen LogP contribution in [0.2, 0.25) is 0 Å². The molecule has 1 fully saturated rings. The van der Waals surface area contributed by atoms with Crippen molar-refractivity contribution in [3.8, 4) is 11.8 Å². The van der Waals surface area contributed by atoms with Gasteiger partial charge in [-0.3, -0.25) is 4.52 Å². The standard InChI is InChI=1S/C19H30NO4PS/c1-19(20,15-24-25(21,22)23)14-13-18-12-11-17(26-18)10-6-5-9-16-7-3-2-4-8-16/h11-12,16H,2-5,7-9,13-15,20H2,1H3,(H2,21,22,23). The maximum atomic E-state index is 10.8. The van der Waals surface area contributed by atoms with Crippen molar-refractivity contribution in [1.82, 2.24) is 0 Å². The Morgan fingerprint density at radius 3 is 2.77 bits per heavy atom. The van der Waals surface area contributed by atoms with Crippen LogP contribution in [0, 0.1) is 17.8 Å². The van der Waals surface area contributed by atoms with Crippen LogP contribution in [0.4, 0.5) is 0 Å². The van der Waals surface area contributed by atoms with Crippen LogP contribution in [0.5, 0.6) is 0 Å². The third-order valence-corrected chi connectivity index (χ3v) is 6.31. The van der Waals surface area contributed by atoms with E-state index in [-0.39, 0.29) is 6.61 Å². The zero-order chi connectivity index (χ0) is 19.0. The van der Waals surface area contributed by atoms with Crippen LogP contribution < -0.4 is 5.73 Å². The number of rotatable bonds is 8. The van der Waals surface area contributed by atoms with Gasteiger partial charge < -0.3 is 15.5 Å². The summed E-state index contributed by atoms with van der Waals surface area (Å²) in [6.45, 7) is 1.57. The second kappa shape index (κ2) is 10.0. The van der Waals surface area contributed by atoms with Gasteiger partial charge in [-0.25, -0.2) is 4.57 Å². The second-order valence-corrected chi connectivity index (χ2v) is 9.94. The lowest BCUT2D eigenvalue weighted by Crippen LogP contribution is -2.41. The lowest BCUT2D eigenvalue weighted by molar-refractivity contribution is 0.154. The van der Waals surface area contributed by atoms with E-state index in [0.29, 0.717) is 6.42 Å². The average molecular weight is 399 g/mol. The van der Waals surface area contributed by atoms with E-state index in [9.17, 15) is 4.57 Å². The highest BCUT2D eigenvalue weighted by molar-refractivity contribution is 7.46. The monoisotopic (exact) mass is 399 g/mol. The molecule has 2 rings (SSSR count). The summed E-state index contributed by atoms with van der Waals surface area (Å²) in [5, 5.41) is 0. The Hall–Kier alpha value is -0.670. The highest BCUT2D eigenvalue weighted by Crippen LogP contribution is 2.37. The molecular weight excluding hydrogens is 369 g/mol. The summed E-state index contributed by atoms with van der Waals surface area (Å²) in [6.07, 6.45) is 10.4. The first-order chi connectivity index (χ1) is 12.2. The molecule has 7 heteroatoms. The van der Waals surface area contributed by atoms with Gasteiger partial charge in [0.25, 0.3) is 0 Å². The van der Waals surface area contributed by atoms with Gasteiger partial charge in [-0.2, -0.15) is 0 Å². The first-order valence-electron chi connectivity index (χ1n) is 9.30. The summed E-state index contributed by atoms with van der Waals surface area (Å²) in [6, 6.07) is 4.09. The Morgan fingerprint density at radius 1 is 1.35 bits per heavy atom. The molecule has 0 radical (unpaired) electrons. The van der Waals surface area contributed by atoms with Crippen molar-refractivity contribution >= 4 is 19.2 Å². The summed E-state index contributed by atoms with van der Waals surface area (Å²) in [5.74, 6) is 7.43. The van der Waals surface area contributed by atoms with Crippen molar-refractivity contribution in [1.29, 1.82) is 0 Å². The lowest BCUT2D eigenvalue weighted by atomic mass is 9.86. The number of phosphoric acid groups is 1. The predicted octanol–water partition coefficient (Wildman–Crippen LogP) is 4.22. The summed E-state index contributed by atoms with van der Waals surface area (Å²) in [7, 11) is -4.48. The molecule has 1 aromatic heterocycles. The maximum Gasteiger partial charge on any atom is 0.469 e. The van der Waals surface area contributed by atoms with Gasteiger partial charge in [-0.1, -0.05) is 43.9 Å². The molecule has 1 aliphatic carbocycles. The van der Waals surface area contributed by atoms with E-state index in [0.717, 1.165) is 23.6 Å². The number of aryl methyl sites for hydroxylation is 1. The molecule has 0 spiro atoms. The van der Waals surface area contributed by atoms with Crippen molar-refractivity contribution in [2.75, 3.05) is 6.61 Å². The van der Waals surface area contributed by atoms with E-state index >= 15 is 0 Å². The maximum absolute atomic E-state index is 10.8. The minimum absolute atomic E-state index is 0.170. The average Bonchev–Trinajstić information content (AvgIpc) is 3.04. The Bertz CT molecular complexity index is 665. The molecule has 5 nitrogen and oxygen atoms in total. The van der Waals surface area contributed by atoms with Gasteiger partial charge in [-0.05, 0) is 44.2 Å². The first kappa shape index (κ1) is 21.6. The minimum Gasteiger partial charge on any atom is -0.323 e. The highest BCUT2D eigenvalue weighted by atomic mass is 32.1. The number of nitrogens with two attached hydrogens (primary N) is 1.